The number of carbonyl (C=O) groups is 1. The van der Waals surface area contributed by atoms with Crippen LogP contribution in [0.4, 0.5) is 0 Å². The third-order valence-corrected chi connectivity index (χ3v) is 4.86. The summed E-state index contributed by atoms with van der Waals surface area (Å²) in [5, 5.41) is 10.2. The maximum Gasteiger partial charge on any atom is 0.230 e. The molecular formula is C16H21N5OS. The maximum absolute atomic E-state index is 11.9. The lowest BCUT2D eigenvalue weighted by Gasteiger charge is -2.22. The molecule has 0 bridgehead atoms. The fraction of sp³-hybridized carbons (Fsp3) is 0.500. The van der Waals surface area contributed by atoms with Crippen molar-refractivity contribution in [1.29, 1.82) is 0 Å². The highest BCUT2D eigenvalue weighted by molar-refractivity contribution is 7.99. The van der Waals surface area contributed by atoms with Crippen molar-refractivity contribution >= 4 is 17.7 Å². The van der Waals surface area contributed by atoms with Crippen molar-refractivity contribution in [3.05, 3.63) is 30.4 Å². The average Bonchev–Trinajstić information content (AvgIpc) is 3.05. The Balaban J connectivity index is 1.42. The van der Waals surface area contributed by atoms with E-state index in [4.69, 9.17) is 0 Å². The number of nitrogens with zero attached hydrogens (tertiary/aromatic N) is 3. The lowest BCUT2D eigenvalue weighted by molar-refractivity contribution is -0.119. The summed E-state index contributed by atoms with van der Waals surface area (Å²) in [4.78, 5) is 20.4. The van der Waals surface area contributed by atoms with Gasteiger partial charge in [-0.15, -0.1) is 11.8 Å². The molecule has 3 rings (SSSR count). The van der Waals surface area contributed by atoms with Gasteiger partial charge in [-0.3, -0.25) is 14.9 Å². The fourth-order valence-corrected chi connectivity index (χ4v) is 3.44. The Kier molecular flexibility index (Phi) is 5.63. The molecule has 1 fully saturated rings. The molecule has 122 valence electrons. The number of carbonyl (C=O) groups excluding carboxylic acids is 1. The standard InChI is InChI=1S/C16H21N5OS/c22-15(18-13-4-2-1-3-5-13)11-23-10-14-19-16(21-20-14)12-6-8-17-9-7-12/h6-9,13H,1-5,10-11H2,(H,18,22)(H,19,20,21). The summed E-state index contributed by atoms with van der Waals surface area (Å²) >= 11 is 1.55. The molecule has 2 aromatic heterocycles. The molecule has 0 saturated heterocycles. The van der Waals surface area contributed by atoms with E-state index >= 15 is 0 Å². The van der Waals surface area contributed by atoms with Crippen LogP contribution in [0.1, 0.15) is 37.9 Å². The van der Waals surface area contributed by atoms with E-state index in [9.17, 15) is 4.79 Å². The Hall–Kier alpha value is -1.89. The molecule has 0 spiro atoms. The maximum atomic E-state index is 11.9. The highest BCUT2D eigenvalue weighted by Crippen LogP contribution is 2.18. The number of hydrogen-bond acceptors (Lipinski definition) is 5. The van der Waals surface area contributed by atoms with Gasteiger partial charge in [-0.25, -0.2) is 4.98 Å². The quantitative estimate of drug-likeness (QED) is 0.850. The predicted octanol–water partition coefficient (Wildman–Crippen LogP) is 2.55. The van der Waals surface area contributed by atoms with Crippen molar-refractivity contribution in [2.24, 2.45) is 0 Å². The number of thioether (sulfide) groups is 1. The normalized spacial score (nSPS) is 15.5. The molecule has 1 amide bonds. The predicted molar refractivity (Wildman–Crippen MR) is 90.8 cm³/mol. The van der Waals surface area contributed by atoms with Crippen LogP contribution in [0.25, 0.3) is 11.4 Å². The van der Waals surface area contributed by atoms with Gasteiger partial charge in [-0.2, -0.15) is 5.10 Å². The van der Waals surface area contributed by atoms with Gasteiger partial charge in [0.25, 0.3) is 0 Å². The molecule has 6 nitrogen and oxygen atoms in total. The van der Waals surface area contributed by atoms with Gasteiger partial charge in [-0.1, -0.05) is 19.3 Å². The van der Waals surface area contributed by atoms with E-state index in [0.717, 1.165) is 24.2 Å². The van der Waals surface area contributed by atoms with Crippen molar-refractivity contribution in [1.82, 2.24) is 25.5 Å². The number of amides is 1. The second kappa shape index (κ2) is 8.10. The summed E-state index contributed by atoms with van der Waals surface area (Å²) < 4.78 is 0. The molecule has 23 heavy (non-hydrogen) atoms. The molecule has 1 aliphatic carbocycles. The summed E-state index contributed by atoms with van der Waals surface area (Å²) in [7, 11) is 0. The first-order valence-corrected chi connectivity index (χ1v) is 9.15. The van der Waals surface area contributed by atoms with E-state index in [1.807, 2.05) is 12.1 Å². The zero-order valence-corrected chi connectivity index (χ0v) is 13.8. The van der Waals surface area contributed by atoms with Crippen LogP contribution in [0.3, 0.4) is 0 Å². The Morgan fingerprint density at radius 3 is 2.83 bits per heavy atom. The van der Waals surface area contributed by atoms with Crippen LogP contribution >= 0.6 is 11.8 Å². The topological polar surface area (TPSA) is 83.6 Å². The summed E-state index contributed by atoms with van der Waals surface area (Å²) in [5.41, 5.74) is 0.933. The second-order valence-electron chi connectivity index (χ2n) is 5.74. The molecule has 2 aromatic rings. The van der Waals surface area contributed by atoms with Crippen LogP contribution in [0.2, 0.25) is 0 Å². The summed E-state index contributed by atoms with van der Waals surface area (Å²) in [6.45, 7) is 0. The van der Waals surface area contributed by atoms with Gasteiger partial charge in [0.1, 0.15) is 5.82 Å². The van der Waals surface area contributed by atoms with E-state index < -0.39 is 0 Å². The Morgan fingerprint density at radius 1 is 1.26 bits per heavy atom. The summed E-state index contributed by atoms with van der Waals surface area (Å²) in [6.07, 6.45) is 9.43. The minimum atomic E-state index is 0.121. The zero-order valence-electron chi connectivity index (χ0n) is 13.0. The lowest BCUT2D eigenvalue weighted by atomic mass is 9.95. The van der Waals surface area contributed by atoms with Crippen LogP contribution < -0.4 is 5.32 Å². The smallest absolute Gasteiger partial charge is 0.230 e. The molecule has 0 aliphatic heterocycles. The van der Waals surface area contributed by atoms with Crippen LogP contribution in [0.5, 0.6) is 0 Å². The fourth-order valence-electron chi connectivity index (χ4n) is 2.75. The molecule has 7 heteroatoms. The monoisotopic (exact) mass is 331 g/mol. The Bertz CT molecular complexity index is 624. The lowest BCUT2D eigenvalue weighted by Crippen LogP contribution is -2.37. The molecule has 0 atom stereocenters. The van der Waals surface area contributed by atoms with E-state index in [1.54, 1.807) is 24.2 Å². The van der Waals surface area contributed by atoms with E-state index in [2.05, 4.69) is 25.5 Å². The van der Waals surface area contributed by atoms with Crippen LogP contribution in [0, 0.1) is 0 Å². The van der Waals surface area contributed by atoms with Gasteiger partial charge >= 0.3 is 0 Å². The highest BCUT2D eigenvalue weighted by atomic mass is 32.2. The summed E-state index contributed by atoms with van der Waals surface area (Å²) in [6, 6.07) is 4.12. The number of aromatic nitrogens is 4. The second-order valence-corrected chi connectivity index (χ2v) is 6.72. The number of pyridine rings is 1. The summed E-state index contributed by atoms with van der Waals surface area (Å²) in [5.74, 6) is 2.68. The first-order valence-electron chi connectivity index (χ1n) is 8.00. The third kappa shape index (κ3) is 4.79. The molecular weight excluding hydrogens is 310 g/mol. The number of nitrogens with one attached hydrogen (secondary N) is 2. The van der Waals surface area contributed by atoms with Crippen molar-refractivity contribution < 1.29 is 4.79 Å². The van der Waals surface area contributed by atoms with Crippen molar-refractivity contribution in [2.75, 3.05) is 5.75 Å². The first kappa shape index (κ1) is 16.0. The van der Waals surface area contributed by atoms with Crippen molar-refractivity contribution in [3.8, 4) is 11.4 Å². The zero-order chi connectivity index (χ0) is 15.9. The third-order valence-electron chi connectivity index (χ3n) is 3.91. The number of rotatable bonds is 6. The van der Waals surface area contributed by atoms with E-state index in [0.29, 0.717) is 23.4 Å². The largest absolute Gasteiger partial charge is 0.353 e. The van der Waals surface area contributed by atoms with Crippen molar-refractivity contribution in [3.63, 3.8) is 0 Å². The molecule has 1 aliphatic rings. The van der Waals surface area contributed by atoms with Crippen molar-refractivity contribution in [2.45, 2.75) is 43.9 Å². The molecule has 2 heterocycles. The van der Waals surface area contributed by atoms with Crippen LogP contribution in [-0.2, 0) is 10.5 Å². The van der Waals surface area contributed by atoms with Gasteiger partial charge in [0.2, 0.25) is 5.91 Å². The Labute approximate surface area is 139 Å². The van der Waals surface area contributed by atoms with Gasteiger partial charge in [0.05, 0.1) is 11.5 Å². The van der Waals surface area contributed by atoms with Gasteiger partial charge in [-0.05, 0) is 25.0 Å². The highest BCUT2D eigenvalue weighted by Gasteiger charge is 2.15. The van der Waals surface area contributed by atoms with Crippen LogP contribution in [0.15, 0.2) is 24.5 Å². The van der Waals surface area contributed by atoms with Gasteiger partial charge in [0, 0.05) is 24.0 Å². The minimum absolute atomic E-state index is 0.121. The number of aromatic amines is 1. The molecule has 1 saturated carbocycles. The minimum Gasteiger partial charge on any atom is -0.353 e. The molecule has 2 N–H and O–H groups in total. The SMILES string of the molecule is O=C(CSCc1nc(-c2ccncc2)n[nH]1)NC1CCCCC1. The van der Waals surface area contributed by atoms with Gasteiger partial charge < -0.3 is 5.32 Å². The average molecular weight is 331 g/mol. The van der Waals surface area contributed by atoms with E-state index in [1.165, 1.54) is 19.3 Å². The van der Waals surface area contributed by atoms with Crippen LogP contribution in [-0.4, -0.2) is 37.9 Å². The number of H-pyrrole nitrogens is 1. The first-order chi connectivity index (χ1) is 11.3. The molecule has 0 radical (unpaired) electrons. The number of hydrogen-bond donors (Lipinski definition) is 2. The van der Waals surface area contributed by atoms with Gasteiger partial charge in [0.15, 0.2) is 5.82 Å². The Morgan fingerprint density at radius 2 is 2.04 bits per heavy atom. The molecule has 0 unspecified atom stereocenters. The van der Waals surface area contributed by atoms with E-state index in [-0.39, 0.29) is 5.91 Å². The molecule has 0 aromatic carbocycles.